The van der Waals surface area contributed by atoms with E-state index in [0.29, 0.717) is 12.3 Å². The lowest BCUT2D eigenvalue weighted by Crippen LogP contribution is -2.42. The molecule has 9 heteroatoms. The predicted molar refractivity (Wildman–Crippen MR) is 109 cm³/mol. The van der Waals surface area contributed by atoms with Crippen LogP contribution in [0, 0.1) is 5.92 Å². The van der Waals surface area contributed by atoms with Crippen molar-refractivity contribution in [3.63, 3.8) is 0 Å². The summed E-state index contributed by atoms with van der Waals surface area (Å²) in [6.45, 7) is 4.25. The Hall–Kier alpha value is -2.26. The number of hydrogen-bond acceptors (Lipinski definition) is 6. The molecule has 1 aliphatic heterocycles. The molecular weight excluding hydrogens is 398 g/mol. The summed E-state index contributed by atoms with van der Waals surface area (Å²) in [7, 11) is -3.02. The molecule has 0 aliphatic carbocycles. The molecule has 7 nitrogen and oxygen atoms in total. The zero-order chi connectivity index (χ0) is 20.3. The van der Waals surface area contributed by atoms with E-state index >= 15 is 0 Å². The fourth-order valence-electron chi connectivity index (χ4n) is 3.06. The Morgan fingerprint density at radius 1 is 1.21 bits per heavy atom. The van der Waals surface area contributed by atoms with Gasteiger partial charge in [0.25, 0.3) is 5.91 Å². The van der Waals surface area contributed by atoms with Crippen molar-refractivity contribution in [2.24, 2.45) is 5.92 Å². The molecule has 3 rings (SSSR count). The number of carbonyl (C=O) groups excluding carboxylic acids is 2. The monoisotopic (exact) mass is 421 g/mol. The van der Waals surface area contributed by atoms with Crippen LogP contribution in [0.4, 0.5) is 0 Å². The molecule has 1 aliphatic rings. The van der Waals surface area contributed by atoms with E-state index in [9.17, 15) is 18.0 Å². The Bertz CT molecular complexity index is 965. The van der Waals surface area contributed by atoms with Crippen molar-refractivity contribution >= 4 is 33.0 Å². The normalized spacial score (nSPS) is 18.2. The van der Waals surface area contributed by atoms with Crippen LogP contribution in [0.1, 0.15) is 48.7 Å². The summed E-state index contributed by atoms with van der Waals surface area (Å²) in [5.74, 6) is -0.513. The van der Waals surface area contributed by atoms with Crippen molar-refractivity contribution in [1.82, 2.24) is 15.8 Å². The number of nitrogens with one attached hydrogen (secondary N) is 2. The van der Waals surface area contributed by atoms with Crippen LogP contribution in [0.3, 0.4) is 0 Å². The van der Waals surface area contributed by atoms with Gasteiger partial charge in [0.15, 0.2) is 9.84 Å². The number of rotatable bonds is 5. The summed E-state index contributed by atoms with van der Waals surface area (Å²) in [5.41, 5.74) is 7.06. The highest BCUT2D eigenvalue weighted by atomic mass is 32.2. The highest BCUT2D eigenvalue weighted by Gasteiger charge is 2.29. The van der Waals surface area contributed by atoms with Crippen LogP contribution in [0.15, 0.2) is 29.6 Å². The van der Waals surface area contributed by atoms with Gasteiger partial charge in [0.05, 0.1) is 11.5 Å². The number of sulfone groups is 1. The van der Waals surface area contributed by atoms with Gasteiger partial charge in [-0.3, -0.25) is 20.4 Å². The topological polar surface area (TPSA) is 105 Å². The third kappa shape index (κ3) is 5.17. The Morgan fingerprint density at radius 2 is 1.93 bits per heavy atom. The molecule has 0 radical (unpaired) electrons. The average Bonchev–Trinajstić information content (AvgIpc) is 3.26. The van der Waals surface area contributed by atoms with Crippen LogP contribution in [0.25, 0.3) is 10.6 Å². The molecule has 28 heavy (non-hydrogen) atoms. The fraction of sp³-hybridized carbons (Fsp3) is 0.421. The van der Waals surface area contributed by atoms with E-state index in [1.165, 1.54) is 16.9 Å². The smallest absolute Gasteiger partial charge is 0.273 e. The van der Waals surface area contributed by atoms with Gasteiger partial charge in [0, 0.05) is 17.4 Å². The van der Waals surface area contributed by atoms with Crippen LogP contribution in [-0.2, 0) is 14.6 Å². The zero-order valence-corrected chi connectivity index (χ0v) is 17.4. The number of hydrazine groups is 1. The molecule has 1 saturated heterocycles. The van der Waals surface area contributed by atoms with Crippen molar-refractivity contribution in [3.05, 3.63) is 40.9 Å². The first kappa shape index (κ1) is 20.5. The summed E-state index contributed by atoms with van der Waals surface area (Å²) in [5, 5.41) is 2.36. The maximum absolute atomic E-state index is 12.2. The predicted octanol–water partition coefficient (Wildman–Crippen LogP) is 2.52. The number of amides is 2. The van der Waals surface area contributed by atoms with Gasteiger partial charge >= 0.3 is 0 Å². The molecule has 0 bridgehead atoms. The van der Waals surface area contributed by atoms with Crippen molar-refractivity contribution < 1.29 is 18.0 Å². The summed E-state index contributed by atoms with van der Waals surface area (Å²) >= 11 is 1.35. The standard InChI is InChI=1S/C19H23N3O4S2/c1-12(2)14-3-5-15(6-4-14)19-20-16(10-27-19)18(24)22-21-17(23)9-13-7-8-28(25,26)11-13/h3-6,10,12-13H,7-9,11H2,1-2H3,(H,21,23)(H,22,24). The molecule has 1 fully saturated rings. The Morgan fingerprint density at radius 3 is 2.54 bits per heavy atom. The van der Waals surface area contributed by atoms with Crippen molar-refractivity contribution in [3.8, 4) is 10.6 Å². The molecule has 0 saturated carbocycles. The molecule has 2 heterocycles. The highest BCUT2D eigenvalue weighted by Crippen LogP contribution is 2.26. The first-order valence-electron chi connectivity index (χ1n) is 9.09. The van der Waals surface area contributed by atoms with Crippen LogP contribution in [0.5, 0.6) is 0 Å². The van der Waals surface area contributed by atoms with E-state index < -0.39 is 21.7 Å². The summed E-state index contributed by atoms with van der Waals surface area (Å²) in [4.78, 5) is 28.5. The summed E-state index contributed by atoms with van der Waals surface area (Å²) < 4.78 is 22.9. The number of carbonyl (C=O) groups is 2. The first-order valence-corrected chi connectivity index (χ1v) is 11.8. The lowest BCUT2D eigenvalue weighted by molar-refractivity contribution is -0.122. The number of benzene rings is 1. The van der Waals surface area contributed by atoms with Crippen LogP contribution in [0.2, 0.25) is 0 Å². The number of hydrogen-bond donors (Lipinski definition) is 2. The third-order valence-corrected chi connectivity index (χ3v) is 7.41. The molecule has 1 aromatic heterocycles. The first-order chi connectivity index (χ1) is 13.2. The van der Waals surface area contributed by atoms with E-state index in [1.807, 2.05) is 24.3 Å². The van der Waals surface area contributed by atoms with E-state index in [-0.39, 0.29) is 29.5 Å². The minimum absolute atomic E-state index is 0.0272. The van der Waals surface area contributed by atoms with Crippen LogP contribution in [-0.4, -0.2) is 36.7 Å². The van der Waals surface area contributed by atoms with E-state index in [2.05, 4.69) is 29.7 Å². The minimum atomic E-state index is -3.02. The summed E-state index contributed by atoms with van der Waals surface area (Å²) in [6, 6.07) is 8.05. The highest BCUT2D eigenvalue weighted by molar-refractivity contribution is 7.91. The van der Waals surface area contributed by atoms with Gasteiger partial charge in [0.1, 0.15) is 10.7 Å². The maximum atomic E-state index is 12.2. The van der Waals surface area contributed by atoms with Gasteiger partial charge in [-0.2, -0.15) is 0 Å². The SMILES string of the molecule is CC(C)c1ccc(-c2nc(C(=O)NNC(=O)CC3CCS(=O)(=O)C3)cs2)cc1. The second-order valence-electron chi connectivity index (χ2n) is 7.29. The minimum Gasteiger partial charge on any atom is -0.273 e. The number of aromatic nitrogens is 1. The number of thiazole rings is 1. The van der Waals surface area contributed by atoms with Crippen molar-refractivity contribution in [2.75, 3.05) is 11.5 Å². The Labute approximate surface area is 168 Å². The molecule has 2 amide bonds. The van der Waals surface area contributed by atoms with E-state index in [1.54, 1.807) is 5.38 Å². The van der Waals surface area contributed by atoms with Crippen molar-refractivity contribution in [2.45, 2.75) is 32.6 Å². The van der Waals surface area contributed by atoms with Crippen LogP contribution >= 0.6 is 11.3 Å². The molecular formula is C19H23N3O4S2. The molecule has 2 aromatic rings. The van der Waals surface area contributed by atoms with E-state index in [4.69, 9.17) is 0 Å². The molecule has 0 spiro atoms. The zero-order valence-electron chi connectivity index (χ0n) is 15.8. The quantitative estimate of drug-likeness (QED) is 0.722. The lowest BCUT2D eigenvalue weighted by Gasteiger charge is -2.09. The fourth-order valence-corrected chi connectivity index (χ4v) is 5.73. The molecule has 2 N–H and O–H groups in total. The second-order valence-corrected chi connectivity index (χ2v) is 10.4. The Balaban J connectivity index is 1.53. The lowest BCUT2D eigenvalue weighted by atomic mass is 10.0. The van der Waals surface area contributed by atoms with Gasteiger partial charge in [-0.25, -0.2) is 13.4 Å². The van der Waals surface area contributed by atoms with Crippen molar-refractivity contribution in [1.29, 1.82) is 0 Å². The molecule has 1 aromatic carbocycles. The van der Waals surface area contributed by atoms with Gasteiger partial charge in [0.2, 0.25) is 5.91 Å². The van der Waals surface area contributed by atoms with Gasteiger partial charge < -0.3 is 0 Å². The second kappa shape index (κ2) is 8.40. The Kier molecular flexibility index (Phi) is 6.14. The van der Waals surface area contributed by atoms with Gasteiger partial charge in [-0.15, -0.1) is 11.3 Å². The largest absolute Gasteiger partial charge is 0.289 e. The molecule has 1 unspecified atom stereocenters. The van der Waals surface area contributed by atoms with Crippen LogP contribution < -0.4 is 10.9 Å². The third-order valence-electron chi connectivity index (χ3n) is 4.68. The average molecular weight is 422 g/mol. The summed E-state index contributed by atoms with van der Waals surface area (Å²) in [6.07, 6.45) is 0.554. The van der Waals surface area contributed by atoms with E-state index in [0.717, 1.165) is 10.6 Å². The van der Waals surface area contributed by atoms with Gasteiger partial charge in [-0.1, -0.05) is 38.1 Å². The number of nitrogens with zero attached hydrogens (tertiary/aromatic N) is 1. The maximum Gasteiger partial charge on any atom is 0.289 e. The molecule has 1 atom stereocenters. The molecule has 150 valence electrons. The van der Waals surface area contributed by atoms with Gasteiger partial charge in [-0.05, 0) is 23.8 Å².